The Morgan fingerprint density at radius 3 is 2.36 bits per heavy atom. The third-order valence-corrected chi connectivity index (χ3v) is 3.12. The van der Waals surface area contributed by atoms with Crippen LogP contribution in [0.4, 0.5) is 0 Å². The van der Waals surface area contributed by atoms with Crippen LogP contribution in [0.5, 0.6) is 17.2 Å². The largest absolute Gasteiger partial charge is 0.497 e. The zero-order chi connectivity index (χ0) is 15.9. The zero-order valence-corrected chi connectivity index (χ0v) is 12.8. The van der Waals surface area contributed by atoms with E-state index in [4.69, 9.17) is 18.9 Å². The van der Waals surface area contributed by atoms with Crippen LogP contribution >= 0.6 is 0 Å². The molecule has 0 atom stereocenters. The third kappa shape index (κ3) is 3.69. The van der Waals surface area contributed by atoms with Crippen molar-refractivity contribution in [2.45, 2.75) is 6.61 Å². The number of hydrogen-bond acceptors (Lipinski definition) is 5. The number of hydrogen-bond donors (Lipinski definition) is 0. The van der Waals surface area contributed by atoms with Crippen LogP contribution in [-0.4, -0.2) is 27.3 Å². The molecule has 2 aromatic carbocycles. The quantitative estimate of drug-likeness (QED) is 0.768. The van der Waals surface area contributed by atoms with E-state index in [0.29, 0.717) is 23.7 Å². The van der Waals surface area contributed by atoms with E-state index >= 15 is 0 Å². The van der Waals surface area contributed by atoms with Crippen molar-refractivity contribution in [2.75, 3.05) is 21.3 Å². The van der Waals surface area contributed by atoms with Gasteiger partial charge in [-0.1, -0.05) is 12.1 Å². The Balaban J connectivity index is 2.21. The SMILES string of the molecule is COC(=O)c1ccc(OC)cc1OCc1cccc(OC)c1. The highest BCUT2D eigenvalue weighted by molar-refractivity contribution is 5.92. The summed E-state index contributed by atoms with van der Waals surface area (Å²) in [5.41, 5.74) is 1.28. The molecule has 0 heterocycles. The molecule has 0 unspecified atom stereocenters. The van der Waals surface area contributed by atoms with E-state index < -0.39 is 5.97 Å². The van der Waals surface area contributed by atoms with Crippen LogP contribution in [0.25, 0.3) is 0 Å². The number of esters is 1. The maximum atomic E-state index is 11.8. The highest BCUT2D eigenvalue weighted by Gasteiger charge is 2.14. The minimum atomic E-state index is -0.455. The number of methoxy groups -OCH3 is 3. The topological polar surface area (TPSA) is 54.0 Å². The highest BCUT2D eigenvalue weighted by atomic mass is 16.5. The van der Waals surface area contributed by atoms with E-state index in [0.717, 1.165) is 11.3 Å². The number of carbonyl (C=O) groups is 1. The molecule has 0 saturated carbocycles. The van der Waals surface area contributed by atoms with Crippen molar-refractivity contribution in [1.29, 1.82) is 0 Å². The van der Waals surface area contributed by atoms with Gasteiger partial charge in [-0.25, -0.2) is 4.79 Å². The van der Waals surface area contributed by atoms with E-state index in [1.807, 2.05) is 24.3 Å². The number of carbonyl (C=O) groups excluding carboxylic acids is 1. The Bertz CT molecular complexity index is 651. The summed E-state index contributed by atoms with van der Waals surface area (Å²) in [4.78, 5) is 11.8. The molecule has 0 amide bonds. The fourth-order valence-electron chi connectivity index (χ4n) is 1.95. The van der Waals surface area contributed by atoms with Gasteiger partial charge in [0.1, 0.15) is 29.4 Å². The fraction of sp³-hybridized carbons (Fsp3) is 0.235. The molecule has 2 aromatic rings. The summed E-state index contributed by atoms with van der Waals surface area (Å²) in [6, 6.07) is 12.5. The highest BCUT2D eigenvalue weighted by Crippen LogP contribution is 2.26. The fourth-order valence-corrected chi connectivity index (χ4v) is 1.95. The van der Waals surface area contributed by atoms with Crippen LogP contribution in [0.1, 0.15) is 15.9 Å². The summed E-state index contributed by atoms with van der Waals surface area (Å²) in [5.74, 6) is 1.31. The van der Waals surface area contributed by atoms with Crippen molar-refractivity contribution < 1.29 is 23.7 Å². The van der Waals surface area contributed by atoms with Crippen molar-refractivity contribution in [3.63, 3.8) is 0 Å². The van der Waals surface area contributed by atoms with Gasteiger partial charge >= 0.3 is 5.97 Å². The Hall–Kier alpha value is -2.69. The van der Waals surface area contributed by atoms with Gasteiger partial charge in [0.15, 0.2) is 0 Å². The molecule has 116 valence electrons. The van der Waals surface area contributed by atoms with E-state index in [-0.39, 0.29) is 0 Å². The van der Waals surface area contributed by atoms with Crippen LogP contribution in [0.2, 0.25) is 0 Å². The molecule has 0 aliphatic carbocycles. The molecular formula is C17H18O5. The lowest BCUT2D eigenvalue weighted by molar-refractivity contribution is 0.0595. The van der Waals surface area contributed by atoms with Crippen LogP contribution in [0.15, 0.2) is 42.5 Å². The van der Waals surface area contributed by atoms with Crippen LogP contribution < -0.4 is 14.2 Å². The van der Waals surface area contributed by atoms with Gasteiger partial charge < -0.3 is 18.9 Å². The predicted molar refractivity (Wildman–Crippen MR) is 81.7 cm³/mol. The van der Waals surface area contributed by atoms with Gasteiger partial charge in [0.05, 0.1) is 21.3 Å². The lowest BCUT2D eigenvalue weighted by Crippen LogP contribution is -2.06. The Morgan fingerprint density at radius 1 is 0.955 bits per heavy atom. The van der Waals surface area contributed by atoms with Crippen molar-refractivity contribution in [3.05, 3.63) is 53.6 Å². The number of ether oxygens (including phenoxy) is 4. The second-order valence-corrected chi connectivity index (χ2v) is 4.49. The molecule has 0 radical (unpaired) electrons. The minimum Gasteiger partial charge on any atom is -0.497 e. The molecule has 0 aliphatic heterocycles. The standard InChI is InChI=1S/C17H18O5/c1-19-13-6-4-5-12(9-13)11-22-16-10-14(20-2)7-8-15(16)17(18)21-3/h4-10H,11H2,1-3H3. The van der Waals surface area contributed by atoms with Gasteiger partial charge in [0.2, 0.25) is 0 Å². The molecule has 2 rings (SSSR count). The molecule has 5 nitrogen and oxygen atoms in total. The molecule has 22 heavy (non-hydrogen) atoms. The molecule has 5 heteroatoms. The second-order valence-electron chi connectivity index (χ2n) is 4.49. The smallest absolute Gasteiger partial charge is 0.341 e. The molecule has 0 spiro atoms. The van der Waals surface area contributed by atoms with E-state index in [2.05, 4.69) is 0 Å². The molecule has 0 N–H and O–H groups in total. The van der Waals surface area contributed by atoms with Gasteiger partial charge in [0, 0.05) is 6.07 Å². The summed E-state index contributed by atoms with van der Waals surface area (Å²) in [5, 5.41) is 0. The van der Waals surface area contributed by atoms with Gasteiger partial charge in [0.25, 0.3) is 0 Å². The van der Waals surface area contributed by atoms with Crippen molar-refractivity contribution in [3.8, 4) is 17.2 Å². The first-order chi connectivity index (χ1) is 10.7. The first kappa shape index (κ1) is 15.7. The lowest BCUT2D eigenvalue weighted by atomic mass is 10.2. The molecule has 0 saturated heterocycles. The van der Waals surface area contributed by atoms with Gasteiger partial charge in [-0.3, -0.25) is 0 Å². The van der Waals surface area contributed by atoms with Crippen molar-refractivity contribution in [2.24, 2.45) is 0 Å². The van der Waals surface area contributed by atoms with E-state index in [1.165, 1.54) is 7.11 Å². The molecule has 0 aromatic heterocycles. The Labute approximate surface area is 129 Å². The summed E-state index contributed by atoms with van der Waals surface area (Å²) in [6.07, 6.45) is 0. The van der Waals surface area contributed by atoms with Crippen LogP contribution in [-0.2, 0) is 11.3 Å². The number of benzene rings is 2. The summed E-state index contributed by atoms with van der Waals surface area (Å²) < 4.78 is 20.8. The first-order valence-electron chi connectivity index (χ1n) is 6.70. The summed E-state index contributed by atoms with van der Waals surface area (Å²) in [6.45, 7) is 0.300. The molecular weight excluding hydrogens is 284 g/mol. The van der Waals surface area contributed by atoms with Gasteiger partial charge in [-0.15, -0.1) is 0 Å². The monoisotopic (exact) mass is 302 g/mol. The molecule has 0 aliphatic rings. The van der Waals surface area contributed by atoms with E-state index in [1.54, 1.807) is 32.4 Å². The average molecular weight is 302 g/mol. The Morgan fingerprint density at radius 2 is 1.68 bits per heavy atom. The molecule has 0 bridgehead atoms. The van der Waals surface area contributed by atoms with Crippen molar-refractivity contribution in [1.82, 2.24) is 0 Å². The lowest BCUT2D eigenvalue weighted by Gasteiger charge is -2.12. The second kappa shape index (κ2) is 7.36. The zero-order valence-electron chi connectivity index (χ0n) is 12.8. The molecule has 0 fully saturated rings. The normalized spacial score (nSPS) is 9.95. The maximum absolute atomic E-state index is 11.8. The Kier molecular flexibility index (Phi) is 5.25. The van der Waals surface area contributed by atoms with Crippen LogP contribution in [0, 0.1) is 0 Å². The predicted octanol–water partition coefficient (Wildman–Crippen LogP) is 3.07. The maximum Gasteiger partial charge on any atom is 0.341 e. The van der Waals surface area contributed by atoms with Crippen molar-refractivity contribution >= 4 is 5.97 Å². The third-order valence-electron chi connectivity index (χ3n) is 3.12. The number of rotatable bonds is 6. The summed E-state index contributed by atoms with van der Waals surface area (Å²) in [7, 11) is 4.49. The van der Waals surface area contributed by atoms with Gasteiger partial charge in [-0.05, 0) is 29.8 Å². The van der Waals surface area contributed by atoms with Gasteiger partial charge in [-0.2, -0.15) is 0 Å². The first-order valence-corrected chi connectivity index (χ1v) is 6.70. The average Bonchev–Trinajstić information content (AvgIpc) is 2.59. The van der Waals surface area contributed by atoms with E-state index in [9.17, 15) is 4.79 Å². The minimum absolute atomic E-state index is 0.300. The summed E-state index contributed by atoms with van der Waals surface area (Å²) >= 11 is 0. The van der Waals surface area contributed by atoms with Crippen LogP contribution in [0.3, 0.4) is 0 Å².